The van der Waals surface area contributed by atoms with Gasteiger partial charge in [-0.15, -0.1) is 0 Å². The van der Waals surface area contributed by atoms with Crippen LogP contribution in [0.3, 0.4) is 0 Å². The van der Waals surface area contributed by atoms with Crippen molar-refractivity contribution in [3.8, 4) is 0 Å². The third-order valence-electron chi connectivity index (χ3n) is 3.90. The van der Waals surface area contributed by atoms with Crippen LogP contribution >= 0.6 is 0 Å². The summed E-state index contributed by atoms with van der Waals surface area (Å²) in [6.45, 7) is 6.82. The lowest BCUT2D eigenvalue weighted by Crippen LogP contribution is -2.23. The Morgan fingerprint density at radius 3 is 2.25 bits per heavy atom. The van der Waals surface area contributed by atoms with Crippen molar-refractivity contribution in [1.82, 2.24) is 0 Å². The van der Waals surface area contributed by atoms with Gasteiger partial charge in [0.1, 0.15) is 0 Å². The van der Waals surface area contributed by atoms with Gasteiger partial charge in [-0.25, -0.2) is 8.42 Å². The summed E-state index contributed by atoms with van der Waals surface area (Å²) >= 11 is 0. The van der Waals surface area contributed by atoms with Crippen molar-refractivity contribution in [1.29, 1.82) is 0 Å². The maximum absolute atomic E-state index is 11.4. The zero-order chi connectivity index (χ0) is 15.0. The van der Waals surface area contributed by atoms with Gasteiger partial charge >= 0.3 is 0 Å². The van der Waals surface area contributed by atoms with E-state index in [-0.39, 0.29) is 0 Å². The maximum atomic E-state index is 11.4. The van der Waals surface area contributed by atoms with Crippen molar-refractivity contribution >= 4 is 21.4 Å². The first-order chi connectivity index (χ1) is 9.16. The number of hydrogen-bond donors (Lipinski definition) is 2. The Morgan fingerprint density at radius 1 is 1.15 bits per heavy atom. The van der Waals surface area contributed by atoms with Crippen LogP contribution in [0.1, 0.15) is 33.6 Å². The second-order valence-corrected chi connectivity index (χ2v) is 8.47. The summed E-state index contributed by atoms with van der Waals surface area (Å²) in [6, 6.07) is 7.84. The molecule has 0 bridgehead atoms. The molecule has 2 rings (SSSR count). The Balaban J connectivity index is 2.18. The molecule has 2 N–H and O–H groups in total. The van der Waals surface area contributed by atoms with Crippen LogP contribution in [-0.2, 0) is 10.0 Å². The highest BCUT2D eigenvalue weighted by atomic mass is 32.2. The molecule has 112 valence electrons. The average molecular weight is 296 g/mol. The summed E-state index contributed by atoms with van der Waals surface area (Å²) in [6.07, 6.45) is 3.46. The van der Waals surface area contributed by atoms with Crippen LogP contribution in [0.5, 0.6) is 0 Å². The summed E-state index contributed by atoms with van der Waals surface area (Å²) < 4.78 is 25.4. The molecular formula is C15H24N2O2S. The number of nitrogens with one attached hydrogen (secondary N) is 2. The topological polar surface area (TPSA) is 58.2 Å². The van der Waals surface area contributed by atoms with E-state index in [1.165, 1.54) is 12.7 Å². The highest BCUT2D eigenvalue weighted by Gasteiger charge is 2.36. The molecule has 2 unspecified atom stereocenters. The lowest BCUT2D eigenvalue weighted by Gasteiger charge is -2.22. The monoisotopic (exact) mass is 296 g/mol. The summed E-state index contributed by atoms with van der Waals surface area (Å²) in [5.74, 6) is 0.580. The fourth-order valence-electron chi connectivity index (χ4n) is 3.18. The SMILES string of the molecule is CC1CC(C)(C)CC1Nc1ccccc1NS(C)(=O)=O. The standard InChI is InChI=1S/C15H24N2O2S/c1-11-9-15(2,3)10-14(11)16-12-7-5-6-8-13(12)17-20(4,18)19/h5-8,11,14,16-17H,9-10H2,1-4H3. The van der Waals surface area contributed by atoms with Crippen LogP contribution in [0.15, 0.2) is 24.3 Å². The Hall–Kier alpha value is -1.23. The van der Waals surface area contributed by atoms with Crippen molar-refractivity contribution in [3.63, 3.8) is 0 Å². The molecule has 1 fully saturated rings. The third-order valence-corrected chi connectivity index (χ3v) is 4.49. The molecule has 1 aromatic rings. The van der Waals surface area contributed by atoms with Crippen LogP contribution in [0.2, 0.25) is 0 Å². The summed E-state index contributed by atoms with van der Waals surface area (Å²) in [4.78, 5) is 0. The van der Waals surface area contributed by atoms with Gasteiger partial charge in [0.05, 0.1) is 17.6 Å². The second-order valence-electron chi connectivity index (χ2n) is 6.72. The van der Waals surface area contributed by atoms with Gasteiger partial charge in [0, 0.05) is 6.04 Å². The fourth-order valence-corrected chi connectivity index (χ4v) is 3.76. The van der Waals surface area contributed by atoms with Crippen molar-refractivity contribution in [2.75, 3.05) is 16.3 Å². The highest BCUT2D eigenvalue weighted by molar-refractivity contribution is 7.92. The van der Waals surface area contributed by atoms with Gasteiger partial charge in [-0.3, -0.25) is 4.72 Å². The molecule has 0 radical (unpaired) electrons. The molecule has 1 aliphatic carbocycles. The molecule has 2 atom stereocenters. The minimum atomic E-state index is -3.26. The van der Waals surface area contributed by atoms with Crippen LogP contribution in [0.4, 0.5) is 11.4 Å². The molecule has 0 aromatic heterocycles. The van der Waals surface area contributed by atoms with E-state index in [0.717, 1.165) is 12.1 Å². The summed E-state index contributed by atoms with van der Waals surface area (Å²) in [5, 5.41) is 3.51. The molecule has 0 saturated heterocycles. The zero-order valence-electron chi connectivity index (χ0n) is 12.6. The predicted octanol–water partition coefficient (Wildman–Crippen LogP) is 3.29. The van der Waals surface area contributed by atoms with Crippen molar-refractivity contribution in [2.45, 2.75) is 39.7 Å². The Morgan fingerprint density at radius 2 is 1.75 bits per heavy atom. The highest BCUT2D eigenvalue weighted by Crippen LogP contribution is 2.42. The van der Waals surface area contributed by atoms with E-state index in [1.54, 1.807) is 6.07 Å². The first-order valence-electron chi connectivity index (χ1n) is 7.00. The third kappa shape index (κ3) is 3.88. The molecule has 1 aromatic carbocycles. The van der Waals surface area contributed by atoms with Gasteiger partial charge in [-0.1, -0.05) is 32.9 Å². The van der Waals surface area contributed by atoms with E-state index in [4.69, 9.17) is 0 Å². The van der Waals surface area contributed by atoms with Crippen LogP contribution in [0.25, 0.3) is 0 Å². The van der Waals surface area contributed by atoms with E-state index in [0.29, 0.717) is 23.1 Å². The number of para-hydroxylation sites is 2. The van der Waals surface area contributed by atoms with Crippen LogP contribution in [0, 0.1) is 11.3 Å². The van der Waals surface area contributed by atoms with E-state index in [1.807, 2.05) is 18.2 Å². The Labute approximate surface area is 122 Å². The number of rotatable bonds is 4. The van der Waals surface area contributed by atoms with E-state index < -0.39 is 10.0 Å². The van der Waals surface area contributed by atoms with Gasteiger partial charge in [0.15, 0.2) is 0 Å². The molecule has 0 heterocycles. The Kier molecular flexibility index (Phi) is 4.00. The Bertz CT molecular complexity index is 581. The smallest absolute Gasteiger partial charge is 0.229 e. The first-order valence-corrected chi connectivity index (χ1v) is 8.89. The average Bonchev–Trinajstić information content (AvgIpc) is 2.52. The van der Waals surface area contributed by atoms with E-state index in [2.05, 4.69) is 30.8 Å². The van der Waals surface area contributed by atoms with E-state index >= 15 is 0 Å². The van der Waals surface area contributed by atoms with Crippen molar-refractivity contribution < 1.29 is 8.42 Å². The molecule has 1 saturated carbocycles. The number of anilines is 2. The second kappa shape index (κ2) is 5.28. The largest absolute Gasteiger partial charge is 0.380 e. The van der Waals surface area contributed by atoms with E-state index in [9.17, 15) is 8.42 Å². The van der Waals surface area contributed by atoms with Gasteiger partial charge in [0.2, 0.25) is 10.0 Å². The molecule has 5 heteroatoms. The molecule has 1 aliphatic rings. The van der Waals surface area contributed by atoms with Crippen molar-refractivity contribution in [3.05, 3.63) is 24.3 Å². The summed E-state index contributed by atoms with van der Waals surface area (Å²) in [7, 11) is -3.26. The minimum Gasteiger partial charge on any atom is -0.380 e. The minimum absolute atomic E-state index is 0.344. The van der Waals surface area contributed by atoms with Gasteiger partial charge < -0.3 is 5.32 Å². The number of benzene rings is 1. The quantitative estimate of drug-likeness (QED) is 0.896. The fraction of sp³-hybridized carbons (Fsp3) is 0.600. The predicted molar refractivity (Wildman–Crippen MR) is 84.5 cm³/mol. The number of sulfonamides is 1. The zero-order valence-corrected chi connectivity index (χ0v) is 13.4. The molecule has 0 spiro atoms. The lowest BCUT2D eigenvalue weighted by molar-refractivity contribution is 0.366. The molecule has 4 nitrogen and oxygen atoms in total. The lowest BCUT2D eigenvalue weighted by atomic mass is 9.91. The molecule has 0 amide bonds. The number of hydrogen-bond acceptors (Lipinski definition) is 3. The molecule has 0 aliphatic heterocycles. The van der Waals surface area contributed by atoms with Crippen LogP contribution < -0.4 is 10.0 Å². The first kappa shape index (κ1) is 15.2. The maximum Gasteiger partial charge on any atom is 0.229 e. The van der Waals surface area contributed by atoms with Gasteiger partial charge in [0.25, 0.3) is 0 Å². The normalized spacial score (nSPS) is 25.4. The molecule has 20 heavy (non-hydrogen) atoms. The molecular weight excluding hydrogens is 272 g/mol. The van der Waals surface area contributed by atoms with Gasteiger partial charge in [-0.05, 0) is 36.3 Å². The van der Waals surface area contributed by atoms with Crippen LogP contribution in [-0.4, -0.2) is 20.7 Å². The van der Waals surface area contributed by atoms with Crippen molar-refractivity contribution in [2.24, 2.45) is 11.3 Å². The summed E-state index contributed by atoms with van der Waals surface area (Å²) in [5.41, 5.74) is 1.82. The van der Waals surface area contributed by atoms with Gasteiger partial charge in [-0.2, -0.15) is 0 Å².